The maximum atomic E-state index is 5.68. The first-order chi connectivity index (χ1) is 6.12. The fourth-order valence-corrected chi connectivity index (χ4v) is 2.17. The highest BCUT2D eigenvalue weighted by Gasteiger charge is 2.23. The van der Waals surface area contributed by atoms with Crippen LogP contribution >= 0.6 is 0 Å². The molecule has 0 amide bonds. The van der Waals surface area contributed by atoms with Gasteiger partial charge in [0.05, 0.1) is 13.2 Å². The first kappa shape index (κ1) is 13.1. The van der Waals surface area contributed by atoms with Gasteiger partial charge in [0, 0.05) is 13.7 Å². The molecule has 0 heterocycles. The summed E-state index contributed by atoms with van der Waals surface area (Å²) in [5.41, 5.74) is 0. The highest BCUT2D eigenvalue weighted by Crippen LogP contribution is 2.07. The van der Waals surface area contributed by atoms with E-state index in [1.807, 2.05) is 0 Å². The van der Waals surface area contributed by atoms with E-state index in [0.29, 0.717) is 13.2 Å². The average Bonchev–Trinajstić information content (AvgIpc) is 2.05. The largest absolute Gasteiger partial charge is 0.395 e. The van der Waals surface area contributed by atoms with Gasteiger partial charge in [-0.05, 0) is 19.5 Å². The van der Waals surface area contributed by atoms with Crippen LogP contribution in [0.2, 0.25) is 13.1 Å². The second-order valence-electron chi connectivity index (χ2n) is 3.44. The molecule has 0 saturated carbocycles. The molecule has 0 aromatic carbocycles. The maximum absolute atomic E-state index is 5.68. The van der Waals surface area contributed by atoms with Crippen molar-refractivity contribution in [3.8, 4) is 0 Å². The van der Waals surface area contributed by atoms with Gasteiger partial charge in [-0.2, -0.15) is 0 Å². The molecule has 13 heavy (non-hydrogen) atoms. The van der Waals surface area contributed by atoms with Crippen molar-refractivity contribution >= 4 is 8.56 Å². The van der Waals surface area contributed by atoms with Crippen LogP contribution in [0.1, 0.15) is 19.8 Å². The van der Waals surface area contributed by atoms with Crippen molar-refractivity contribution in [3.05, 3.63) is 0 Å². The lowest BCUT2D eigenvalue weighted by molar-refractivity contribution is 0.112. The van der Waals surface area contributed by atoms with Crippen LogP contribution in [-0.2, 0) is 13.6 Å². The summed E-state index contributed by atoms with van der Waals surface area (Å²) in [7, 11) is -0.181. The molecule has 0 aliphatic heterocycles. The second kappa shape index (κ2) is 7.50. The Balaban J connectivity index is 3.42. The van der Waals surface area contributed by atoms with Crippen LogP contribution in [0.3, 0.4) is 0 Å². The Morgan fingerprint density at radius 1 is 1.00 bits per heavy atom. The van der Waals surface area contributed by atoms with Crippen LogP contribution < -0.4 is 0 Å². The van der Waals surface area contributed by atoms with Crippen molar-refractivity contribution in [1.29, 1.82) is 0 Å². The first-order valence-corrected chi connectivity index (χ1v) is 7.71. The highest BCUT2D eigenvalue weighted by molar-refractivity contribution is 6.64. The number of ether oxygens (including phenoxy) is 1. The molecule has 0 atom stereocenters. The predicted octanol–water partition coefficient (Wildman–Crippen LogP) is 2.17. The molecular weight excluding hydrogens is 184 g/mol. The van der Waals surface area contributed by atoms with Gasteiger partial charge in [0.25, 0.3) is 0 Å². The Kier molecular flexibility index (Phi) is 7.55. The van der Waals surface area contributed by atoms with E-state index in [9.17, 15) is 0 Å². The predicted molar refractivity (Wildman–Crippen MR) is 56.2 cm³/mol. The van der Waals surface area contributed by atoms with Crippen molar-refractivity contribution in [2.75, 3.05) is 26.9 Å². The van der Waals surface area contributed by atoms with Crippen molar-refractivity contribution in [2.45, 2.75) is 32.9 Å². The topological polar surface area (TPSA) is 27.7 Å². The Morgan fingerprint density at radius 2 is 1.62 bits per heavy atom. The summed E-state index contributed by atoms with van der Waals surface area (Å²) in [6.07, 6.45) is 2.28. The molecule has 0 aromatic rings. The minimum absolute atomic E-state index is 0.641. The van der Waals surface area contributed by atoms with Gasteiger partial charge in [-0.15, -0.1) is 0 Å². The van der Waals surface area contributed by atoms with E-state index in [2.05, 4.69) is 20.0 Å². The van der Waals surface area contributed by atoms with E-state index in [0.717, 1.165) is 13.0 Å². The quantitative estimate of drug-likeness (QED) is 0.450. The van der Waals surface area contributed by atoms with Gasteiger partial charge >= 0.3 is 8.56 Å². The molecule has 0 saturated heterocycles. The summed E-state index contributed by atoms with van der Waals surface area (Å²) in [6, 6.07) is 0. The summed E-state index contributed by atoms with van der Waals surface area (Å²) < 4.78 is 16.2. The van der Waals surface area contributed by atoms with Crippen LogP contribution in [0.25, 0.3) is 0 Å². The number of hydrogen-bond acceptors (Lipinski definition) is 3. The molecule has 0 spiro atoms. The molecule has 0 unspecified atom stereocenters. The first-order valence-electron chi connectivity index (χ1n) is 4.89. The standard InChI is InChI=1S/C9H22O3Si/c1-5-6-7-11-13(3,4)12-9-8-10-2/h5-9H2,1-4H3. The lowest BCUT2D eigenvalue weighted by atomic mass is 10.4. The molecule has 3 nitrogen and oxygen atoms in total. The van der Waals surface area contributed by atoms with E-state index in [4.69, 9.17) is 13.6 Å². The molecule has 0 fully saturated rings. The van der Waals surface area contributed by atoms with E-state index in [1.165, 1.54) is 6.42 Å². The Bertz CT molecular complexity index is 105. The van der Waals surface area contributed by atoms with Gasteiger partial charge in [-0.25, -0.2) is 0 Å². The number of hydrogen-bond donors (Lipinski definition) is 0. The zero-order chi connectivity index (χ0) is 10.2. The monoisotopic (exact) mass is 206 g/mol. The average molecular weight is 206 g/mol. The van der Waals surface area contributed by atoms with Crippen LogP contribution in [0.4, 0.5) is 0 Å². The van der Waals surface area contributed by atoms with Crippen molar-refractivity contribution in [3.63, 3.8) is 0 Å². The highest BCUT2D eigenvalue weighted by atomic mass is 28.4. The van der Waals surface area contributed by atoms with Crippen molar-refractivity contribution in [1.82, 2.24) is 0 Å². The van der Waals surface area contributed by atoms with E-state index < -0.39 is 8.56 Å². The number of methoxy groups -OCH3 is 1. The summed E-state index contributed by atoms with van der Waals surface area (Å²) in [5.74, 6) is 0. The fourth-order valence-electron chi connectivity index (χ4n) is 0.875. The maximum Gasteiger partial charge on any atom is 0.331 e. The SMILES string of the molecule is CCCCO[Si](C)(C)OCCOC. The molecule has 0 rings (SSSR count). The third-order valence-electron chi connectivity index (χ3n) is 1.68. The van der Waals surface area contributed by atoms with Gasteiger partial charge in [-0.1, -0.05) is 13.3 Å². The van der Waals surface area contributed by atoms with E-state index in [1.54, 1.807) is 7.11 Å². The molecule has 0 N–H and O–H groups in total. The molecule has 0 radical (unpaired) electrons. The fraction of sp³-hybridized carbons (Fsp3) is 1.00. The lowest BCUT2D eigenvalue weighted by Crippen LogP contribution is -2.36. The van der Waals surface area contributed by atoms with Gasteiger partial charge in [-0.3, -0.25) is 0 Å². The van der Waals surface area contributed by atoms with Crippen molar-refractivity contribution in [2.24, 2.45) is 0 Å². The molecule has 0 aliphatic carbocycles. The Hall–Kier alpha value is 0.0969. The zero-order valence-corrected chi connectivity index (χ0v) is 10.3. The van der Waals surface area contributed by atoms with Gasteiger partial charge in [0.1, 0.15) is 0 Å². The third-order valence-corrected chi connectivity index (χ3v) is 3.48. The molecule has 0 aromatic heterocycles. The smallest absolute Gasteiger partial charge is 0.331 e. The molecule has 0 aliphatic rings. The lowest BCUT2D eigenvalue weighted by Gasteiger charge is -2.22. The van der Waals surface area contributed by atoms with Crippen LogP contribution in [0.15, 0.2) is 0 Å². The Morgan fingerprint density at radius 3 is 2.15 bits per heavy atom. The normalized spacial score (nSPS) is 12.0. The second-order valence-corrected chi connectivity index (χ2v) is 6.82. The summed E-state index contributed by atoms with van der Waals surface area (Å²) in [4.78, 5) is 0. The summed E-state index contributed by atoms with van der Waals surface area (Å²) >= 11 is 0. The minimum Gasteiger partial charge on any atom is -0.395 e. The van der Waals surface area contributed by atoms with Crippen LogP contribution in [-0.4, -0.2) is 35.5 Å². The van der Waals surface area contributed by atoms with Crippen LogP contribution in [0.5, 0.6) is 0 Å². The molecule has 0 bridgehead atoms. The zero-order valence-electron chi connectivity index (χ0n) is 9.26. The molecule has 4 heteroatoms. The van der Waals surface area contributed by atoms with E-state index in [-0.39, 0.29) is 0 Å². The van der Waals surface area contributed by atoms with Crippen LogP contribution in [0, 0.1) is 0 Å². The summed E-state index contributed by atoms with van der Waals surface area (Å²) in [6.45, 7) is 8.40. The van der Waals surface area contributed by atoms with Gasteiger partial charge in [0.2, 0.25) is 0 Å². The molecular formula is C9H22O3Si. The minimum atomic E-state index is -1.86. The van der Waals surface area contributed by atoms with Crippen molar-refractivity contribution < 1.29 is 13.6 Å². The number of unbranched alkanes of at least 4 members (excludes halogenated alkanes) is 1. The third kappa shape index (κ3) is 8.43. The summed E-state index contributed by atoms with van der Waals surface area (Å²) in [5, 5.41) is 0. The number of rotatable bonds is 8. The molecule has 80 valence electrons. The van der Waals surface area contributed by atoms with E-state index >= 15 is 0 Å². The van der Waals surface area contributed by atoms with Gasteiger partial charge < -0.3 is 13.6 Å². The Labute approximate surface area is 82.6 Å². The van der Waals surface area contributed by atoms with Gasteiger partial charge in [0.15, 0.2) is 0 Å².